The summed E-state index contributed by atoms with van der Waals surface area (Å²) in [6.45, 7) is 5.60. The van der Waals surface area contributed by atoms with Gasteiger partial charge in [0.25, 0.3) is 9.70 Å². The van der Waals surface area contributed by atoms with Crippen molar-refractivity contribution in [2.75, 3.05) is 14.2 Å². The number of carbonyl (C=O) groups is 2. The van der Waals surface area contributed by atoms with Gasteiger partial charge in [0.1, 0.15) is 19.3 Å². The number of hydrogen-bond donors (Lipinski definition) is 2. The third kappa shape index (κ3) is 9.61. The summed E-state index contributed by atoms with van der Waals surface area (Å²) in [6, 6.07) is 29.2. The fourth-order valence-electron chi connectivity index (χ4n) is 13.6. The van der Waals surface area contributed by atoms with Crippen LogP contribution in [-0.4, -0.2) is 47.3 Å². The van der Waals surface area contributed by atoms with Crippen LogP contribution in [0.3, 0.4) is 0 Å². The fraction of sp³-hybridized carbons (Fsp3) is 0.527. The van der Waals surface area contributed by atoms with Crippen LogP contribution >= 0.6 is 34.8 Å². The minimum absolute atomic E-state index is 0.113. The highest BCUT2D eigenvalue weighted by Gasteiger charge is 2.57. The van der Waals surface area contributed by atoms with E-state index < -0.39 is 15.8 Å². The zero-order valence-electron chi connectivity index (χ0n) is 39.0. The van der Waals surface area contributed by atoms with Crippen LogP contribution in [0.25, 0.3) is 0 Å². The molecular weight excluding hydrogens is 909 g/mol. The summed E-state index contributed by atoms with van der Waals surface area (Å²) in [7, 11) is 3.43. The lowest BCUT2D eigenvalue weighted by molar-refractivity contribution is -0.120. The predicted molar refractivity (Wildman–Crippen MR) is 261 cm³/mol. The highest BCUT2D eigenvalue weighted by Crippen LogP contribution is 2.63. The molecule has 0 spiro atoms. The van der Waals surface area contributed by atoms with Crippen molar-refractivity contribution in [3.05, 3.63) is 118 Å². The van der Waals surface area contributed by atoms with E-state index in [1.54, 1.807) is 14.2 Å². The van der Waals surface area contributed by atoms with Crippen molar-refractivity contribution < 1.29 is 38.4 Å². The van der Waals surface area contributed by atoms with E-state index in [0.29, 0.717) is 48.7 Å². The van der Waals surface area contributed by atoms with Crippen molar-refractivity contribution in [2.45, 2.75) is 132 Å². The number of fused-ring (bicyclic) bond motifs is 10. The van der Waals surface area contributed by atoms with Crippen LogP contribution in [0.2, 0.25) is 0 Å². The minimum atomic E-state index is -2.22. The normalized spacial score (nSPS) is 30.0. The summed E-state index contributed by atoms with van der Waals surface area (Å²) in [4.78, 5) is 24.3. The Hall–Kier alpha value is -4.15. The van der Waals surface area contributed by atoms with Gasteiger partial charge in [-0.2, -0.15) is 0 Å². The average Bonchev–Trinajstić information content (AvgIpc) is 3.83. The molecule has 6 unspecified atom stereocenters. The Labute approximate surface area is 410 Å². The fourth-order valence-corrected chi connectivity index (χ4v) is 13.8. The topological polar surface area (TPSA) is 113 Å². The van der Waals surface area contributed by atoms with E-state index in [-0.39, 0.29) is 23.0 Å². The number of rotatable bonds is 9. The molecule has 2 N–H and O–H groups in total. The number of alkyl carbamates (subject to hydrolysis) is 1. The van der Waals surface area contributed by atoms with Gasteiger partial charge in [-0.15, -0.1) is 0 Å². The lowest BCUT2D eigenvalue weighted by Crippen LogP contribution is -2.47. The number of aliphatic hydroxyl groups excluding tert-OH is 1. The summed E-state index contributed by atoms with van der Waals surface area (Å²) >= 11 is 16.7. The highest BCUT2D eigenvalue weighted by atomic mass is 35.6. The molecule has 67 heavy (non-hydrogen) atoms. The van der Waals surface area contributed by atoms with Gasteiger partial charge in [-0.3, -0.25) is 10.1 Å². The Balaban J connectivity index is 0.000000174. The van der Waals surface area contributed by atoms with E-state index in [1.807, 2.05) is 41.7 Å². The number of ether oxygens (including phenoxy) is 5. The van der Waals surface area contributed by atoms with Crippen LogP contribution in [-0.2, 0) is 35.6 Å². The second-order valence-electron chi connectivity index (χ2n) is 20.4. The van der Waals surface area contributed by atoms with Gasteiger partial charge >= 0.3 is 6.09 Å². The number of carbonyl (C=O) groups excluding carboxylic acids is 2. The van der Waals surface area contributed by atoms with Crippen molar-refractivity contribution in [3.63, 3.8) is 0 Å². The molecule has 6 aliphatic rings. The number of nitrogens with one attached hydrogen (secondary N) is 1. The molecule has 12 heteroatoms. The molecule has 4 fully saturated rings. The number of aliphatic hydroxyl groups is 1. The van der Waals surface area contributed by atoms with Crippen LogP contribution in [0.5, 0.6) is 23.0 Å². The van der Waals surface area contributed by atoms with Gasteiger partial charge in [-0.25, -0.2) is 4.79 Å². The Morgan fingerprint density at radius 2 is 1.12 bits per heavy atom. The second kappa shape index (κ2) is 19.7. The maximum Gasteiger partial charge on any atom is 0.414 e. The highest BCUT2D eigenvalue weighted by molar-refractivity contribution is 6.76. The van der Waals surface area contributed by atoms with Gasteiger partial charge in [0, 0.05) is 5.41 Å². The van der Waals surface area contributed by atoms with Gasteiger partial charge in [-0.1, -0.05) is 109 Å². The number of aryl methyl sites for hydroxylation is 2. The lowest BCUT2D eigenvalue weighted by atomic mass is 9.55. The molecule has 0 heterocycles. The Morgan fingerprint density at radius 3 is 1.61 bits per heavy atom. The van der Waals surface area contributed by atoms with Crippen LogP contribution in [0.1, 0.15) is 123 Å². The summed E-state index contributed by atoms with van der Waals surface area (Å²) in [5.41, 5.74) is 7.81. The Morgan fingerprint density at radius 1 is 0.642 bits per heavy atom. The second-order valence-corrected chi connectivity index (χ2v) is 22.7. The molecule has 2 amide bonds. The quantitative estimate of drug-likeness (QED) is 0.160. The van der Waals surface area contributed by atoms with E-state index in [2.05, 4.69) is 62.4 Å². The van der Waals surface area contributed by atoms with Crippen molar-refractivity contribution in [3.8, 4) is 23.0 Å². The molecule has 0 radical (unpaired) electrons. The first-order valence-corrected chi connectivity index (χ1v) is 25.4. The molecule has 358 valence electrons. The van der Waals surface area contributed by atoms with E-state index >= 15 is 0 Å². The van der Waals surface area contributed by atoms with E-state index in [1.165, 1.54) is 47.1 Å². The maximum absolute atomic E-state index is 12.4. The molecule has 0 saturated heterocycles. The van der Waals surface area contributed by atoms with Crippen LogP contribution in [0.15, 0.2) is 84.9 Å². The SMILES string of the molecule is COc1cc2c(cc1OCc1ccccc1)CCC1C2CC[C@@]2(C)C1CC[C@@H]2O.COc1cc2c(cc1OCc1ccccc1)CCC1C2CC[C@@]2(C)C1CC[C@@H]2OC(=O)NC(=O)C(Cl)(Cl)Cl. The van der Waals surface area contributed by atoms with Crippen LogP contribution in [0.4, 0.5) is 4.79 Å². The van der Waals surface area contributed by atoms with Crippen LogP contribution < -0.4 is 24.3 Å². The van der Waals surface area contributed by atoms with Gasteiger partial charge in [0.2, 0.25) is 0 Å². The molecule has 10 rings (SSSR count). The average molecular weight is 973 g/mol. The first-order valence-electron chi connectivity index (χ1n) is 24.2. The van der Waals surface area contributed by atoms with Crippen LogP contribution in [0, 0.1) is 34.5 Å². The number of halogens is 3. The molecule has 4 aromatic rings. The van der Waals surface area contributed by atoms with Crippen molar-refractivity contribution in [1.82, 2.24) is 5.32 Å². The summed E-state index contributed by atoms with van der Waals surface area (Å²) in [6.07, 6.45) is 11.2. The third-order valence-electron chi connectivity index (χ3n) is 17.1. The molecule has 0 aromatic heterocycles. The molecule has 6 aliphatic carbocycles. The standard InChI is InChI=1S/C29H32Cl3NO5.C26H32O3/c1-28-13-12-19-20(22(28)10-11-25(28)38-27(35)33-26(34)29(30,31)32)9-8-18-14-24(23(36-2)15-21(18)19)37-16-17-6-4-3-5-7-17;1-26-13-12-19-20(22(26)10-11-25(26)27)9-8-18-14-24(23(28-2)15-21(18)19)29-16-17-6-4-3-5-7-17/h3-7,14-15,19-20,22,25H,8-13,16H2,1-2H3,(H,33,34,35);3-7,14-15,19-20,22,25,27H,8-13,16H2,1-2H3/t19?,20?,22?,25-,28-;19?,20?,22?,25-,26-/m00/s1. The smallest absolute Gasteiger partial charge is 0.414 e. The Kier molecular flexibility index (Phi) is 14.1. The molecule has 0 bridgehead atoms. The molecular formula is C55H64Cl3NO8. The first kappa shape index (κ1) is 47.9. The summed E-state index contributed by atoms with van der Waals surface area (Å²) in [5.74, 6) is 5.50. The molecule has 10 atom stereocenters. The molecule has 4 saturated carbocycles. The largest absolute Gasteiger partial charge is 0.493 e. The molecule has 0 aliphatic heterocycles. The van der Waals surface area contributed by atoms with E-state index in [9.17, 15) is 14.7 Å². The zero-order chi connectivity index (χ0) is 47.1. The predicted octanol–water partition coefficient (Wildman–Crippen LogP) is 12.6. The monoisotopic (exact) mass is 971 g/mol. The number of amides is 2. The summed E-state index contributed by atoms with van der Waals surface area (Å²) in [5, 5.41) is 12.6. The van der Waals surface area contributed by atoms with Crippen molar-refractivity contribution in [1.29, 1.82) is 0 Å². The van der Waals surface area contributed by atoms with Gasteiger partial charge < -0.3 is 28.8 Å². The molecule has 4 aromatic carbocycles. The number of hydrogen-bond acceptors (Lipinski definition) is 8. The first-order chi connectivity index (χ1) is 32.2. The number of imide groups is 1. The number of methoxy groups -OCH3 is 2. The number of alkyl halides is 3. The third-order valence-corrected chi connectivity index (χ3v) is 17.6. The van der Waals surface area contributed by atoms with E-state index in [0.717, 1.165) is 86.3 Å². The maximum atomic E-state index is 12.4. The van der Waals surface area contributed by atoms with Crippen molar-refractivity contribution in [2.24, 2.45) is 34.5 Å². The number of benzene rings is 4. The van der Waals surface area contributed by atoms with E-state index in [4.69, 9.17) is 58.5 Å². The minimum Gasteiger partial charge on any atom is -0.493 e. The van der Waals surface area contributed by atoms with Gasteiger partial charge in [-0.05, 0) is 176 Å². The van der Waals surface area contributed by atoms with Gasteiger partial charge in [0.15, 0.2) is 23.0 Å². The summed E-state index contributed by atoms with van der Waals surface area (Å²) < 4.78 is 27.3. The lowest BCUT2D eigenvalue weighted by Gasteiger charge is -2.50. The van der Waals surface area contributed by atoms with Crippen molar-refractivity contribution >= 4 is 46.8 Å². The molecule has 9 nitrogen and oxygen atoms in total. The zero-order valence-corrected chi connectivity index (χ0v) is 41.3. The van der Waals surface area contributed by atoms with Gasteiger partial charge in [0.05, 0.1) is 20.3 Å². The Bertz CT molecular complexity index is 2410.